The lowest BCUT2D eigenvalue weighted by Gasteiger charge is -2.34. The van der Waals surface area contributed by atoms with E-state index >= 15 is 0 Å². The van der Waals surface area contributed by atoms with Gasteiger partial charge in [-0.1, -0.05) is 50.2 Å². The Morgan fingerprint density at radius 3 is 1.93 bits per heavy atom. The molecule has 2 atom stereocenters. The van der Waals surface area contributed by atoms with Crippen LogP contribution in [0.5, 0.6) is 0 Å². The number of nitrogens with zero attached hydrogens (tertiary/aromatic N) is 2. The Hall–Kier alpha value is -3.15. The summed E-state index contributed by atoms with van der Waals surface area (Å²) < 4.78 is 94.2. The summed E-state index contributed by atoms with van der Waals surface area (Å²) in [5.41, 5.74) is -6.26. The molecule has 2 aromatic carbocycles. The van der Waals surface area contributed by atoms with Crippen LogP contribution in [0.4, 0.5) is 30.7 Å². The van der Waals surface area contributed by atoms with Gasteiger partial charge in [0, 0.05) is 55.4 Å². The summed E-state index contributed by atoms with van der Waals surface area (Å²) in [6.07, 6.45) is -10.7. The largest absolute Gasteiger partial charge is 0.430 e. The van der Waals surface area contributed by atoms with Gasteiger partial charge in [0.05, 0.1) is 0 Å². The number of likely N-dealkylation sites (tertiary alicyclic amines) is 2. The highest BCUT2D eigenvalue weighted by atomic mass is 19.4. The number of amides is 2. The Labute approximate surface area is 232 Å². The average Bonchev–Trinajstić information content (AvgIpc) is 3.29. The monoisotopic (exact) mass is 588 g/mol. The molecule has 2 aliphatic rings. The van der Waals surface area contributed by atoms with Crippen LogP contribution in [-0.2, 0) is 20.6 Å². The molecule has 5 nitrogen and oxygen atoms in total. The van der Waals surface area contributed by atoms with Crippen LogP contribution < -0.4 is 0 Å². The fraction of sp³-hybridized carbons (Fsp3) is 0.517. The minimum Gasteiger partial charge on any atom is -0.369 e. The first-order valence-corrected chi connectivity index (χ1v) is 13.3. The van der Waals surface area contributed by atoms with Crippen LogP contribution in [0.3, 0.4) is 0 Å². The molecule has 0 aromatic heterocycles. The van der Waals surface area contributed by atoms with Crippen LogP contribution in [0, 0.1) is 11.7 Å². The number of carbonyl (C=O) groups is 2. The molecule has 0 saturated carbocycles. The van der Waals surface area contributed by atoms with Crippen molar-refractivity contribution in [2.75, 3.05) is 26.2 Å². The average molecular weight is 589 g/mol. The van der Waals surface area contributed by atoms with Crippen LogP contribution in [0.25, 0.3) is 0 Å². The maximum absolute atomic E-state index is 13.7. The van der Waals surface area contributed by atoms with Crippen molar-refractivity contribution in [3.8, 4) is 0 Å². The van der Waals surface area contributed by atoms with E-state index in [1.165, 1.54) is 12.1 Å². The predicted molar refractivity (Wildman–Crippen MR) is 135 cm³/mol. The minimum atomic E-state index is -6.01. The second-order valence-electron chi connectivity index (χ2n) is 11.0. The Morgan fingerprint density at radius 1 is 0.902 bits per heavy atom. The zero-order valence-electron chi connectivity index (χ0n) is 22.5. The van der Waals surface area contributed by atoms with Gasteiger partial charge in [-0.3, -0.25) is 9.59 Å². The van der Waals surface area contributed by atoms with Gasteiger partial charge in [-0.2, -0.15) is 26.3 Å². The molecule has 0 spiro atoms. The Kier molecular flexibility index (Phi) is 8.20. The quantitative estimate of drug-likeness (QED) is 0.458. The number of rotatable bonds is 5. The number of alkyl halides is 6. The topological polar surface area (TPSA) is 60.9 Å². The fourth-order valence-electron chi connectivity index (χ4n) is 6.06. The molecule has 2 aromatic rings. The predicted octanol–water partition coefficient (Wildman–Crippen LogP) is 5.67. The lowest BCUT2D eigenvalue weighted by molar-refractivity contribution is -0.376. The second-order valence-corrected chi connectivity index (χ2v) is 11.0. The first kappa shape index (κ1) is 30.8. The van der Waals surface area contributed by atoms with Gasteiger partial charge in [0.15, 0.2) is 0 Å². The van der Waals surface area contributed by atoms with Crippen LogP contribution >= 0.6 is 0 Å². The third-order valence-corrected chi connectivity index (χ3v) is 8.56. The molecular weight excluding hydrogens is 557 g/mol. The highest BCUT2D eigenvalue weighted by molar-refractivity contribution is 5.81. The van der Waals surface area contributed by atoms with Gasteiger partial charge in [0.2, 0.25) is 11.8 Å². The van der Waals surface area contributed by atoms with E-state index in [4.69, 9.17) is 0 Å². The van der Waals surface area contributed by atoms with E-state index in [9.17, 15) is 45.4 Å². The smallest absolute Gasteiger partial charge is 0.369 e. The van der Waals surface area contributed by atoms with E-state index in [1.54, 1.807) is 28.9 Å². The van der Waals surface area contributed by atoms with Crippen molar-refractivity contribution in [3.05, 3.63) is 71.0 Å². The van der Waals surface area contributed by atoms with Gasteiger partial charge in [0.25, 0.3) is 5.60 Å². The van der Waals surface area contributed by atoms with E-state index in [0.29, 0.717) is 55.6 Å². The molecule has 12 heteroatoms. The number of aliphatic hydroxyl groups is 1. The molecule has 224 valence electrons. The molecule has 2 fully saturated rings. The first-order chi connectivity index (χ1) is 19.0. The number of hydrogen-bond donors (Lipinski definition) is 1. The Morgan fingerprint density at radius 2 is 1.44 bits per heavy atom. The van der Waals surface area contributed by atoms with Gasteiger partial charge in [-0.05, 0) is 36.1 Å². The molecule has 2 heterocycles. The van der Waals surface area contributed by atoms with E-state index in [0.717, 1.165) is 12.1 Å². The molecular formula is C29H31F7N2O3. The molecule has 4 rings (SSSR count). The summed E-state index contributed by atoms with van der Waals surface area (Å²) in [7, 11) is 0. The fourth-order valence-corrected chi connectivity index (χ4v) is 6.06. The number of piperidine rings is 1. The maximum atomic E-state index is 13.7. The SMILES string of the molecule is CCC(=O)N1CCC(C(=O)N2C[C@@H](c3ccc(C(O)(C(F)(F)F)C(F)(F)F)cc3)[C@@](C)(c3ccc(F)cc3)C2)CC1. The van der Waals surface area contributed by atoms with E-state index in [-0.39, 0.29) is 30.8 Å². The Balaban J connectivity index is 1.65. The molecule has 0 aliphatic carbocycles. The van der Waals surface area contributed by atoms with Crippen LogP contribution in [0.2, 0.25) is 0 Å². The zero-order chi connectivity index (χ0) is 30.4. The summed E-state index contributed by atoms with van der Waals surface area (Å²) in [6, 6.07) is 9.01. The highest BCUT2D eigenvalue weighted by Gasteiger charge is 2.71. The van der Waals surface area contributed by atoms with Crippen molar-refractivity contribution in [1.29, 1.82) is 0 Å². The standard InChI is InChI=1S/C29H31F7N2O3/c1-3-24(39)37-14-12-19(13-15-37)25(40)38-16-23(26(2,17-38)20-8-10-22(30)11-9-20)18-4-6-21(7-5-18)27(41,28(31,32)33)29(34,35)36/h4-11,19,23,41H,3,12-17H2,1-2H3/t23-,26+/m0/s1. The van der Waals surface area contributed by atoms with Crippen LogP contribution in [-0.4, -0.2) is 65.3 Å². The van der Waals surface area contributed by atoms with Gasteiger partial charge >= 0.3 is 12.4 Å². The number of hydrogen-bond acceptors (Lipinski definition) is 3. The molecule has 0 unspecified atom stereocenters. The second kappa shape index (κ2) is 10.9. The van der Waals surface area contributed by atoms with Gasteiger partial charge in [-0.15, -0.1) is 0 Å². The molecule has 41 heavy (non-hydrogen) atoms. The number of halogens is 7. The first-order valence-electron chi connectivity index (χ1n) is 13.3. The summed E-state index contributed by atoms with van der Waals surface area (Å²) >= 11 is 0. The molecule has 2 aliphatic heterocycles. The van der Waals surface area contributed by atoms with Crippen molar-refractivity contribution in [2.45, 2.75) is 62.4 Å². The summed E-state index contributed by atoms with van der Waals surface area (Å²) in [5.74, 6) is -1.53. The minimum absolute atomic E-state index is 0.00686. The van der Waals surface area contributed by atoms with Gasteiger partial charge < -0.3 is 14.9 Å². The lowest BCUT2D eigenvalue weighted by Crippen LogP contribution is -2.53. The summed E-state index contributed by atoms with van der Waals surface area (Å²) in [5, 5.41) is 9.78. The van der Waals surface area contributed by atoms with E-state index in [2.05, 4.69) is 0 Å². The maximum Gasteiger partial charge on any atom is 0.430 e. The molecule has 0 bridgehead atoms. The third kappa shape index (κ3) is 5.54. The van der Waals surface area contributed by atoms with Crippen molar-refractivity contribution in [1.82, 2.24) is 9.80 Å². The lowest BCUT2D eigenvalue weighted by atomic mass is 9.71. The number of carbonyl (C=O) groups excluding carboxylic acids is 2. The van der Waals surface area contributed by atoms with Crippen molar-refractivity contribution < 1.29 is 45.4 Å². The number of benzene rings is 2. The van der Waals surface area contributed by atoms with E-state index in [1.807, 2.05) is 6.92 Å². The van der Waals surface area contributed by atoms with E-state index < -0.39 is 40.7 Å². The van der Waals surface area contributed by atoms with Crippen molar-refractivity contribution in [3.63, 3.8) is 0 Å². The van der Waals surface area contributed by atoms with Crippen molar-refractivity contribution >= 4 is 11.8 Å². The van der Waals surface area contributed by atoms with Crippen LogP contribution in [0.1, 0.15) is 55.7 Å². The molecule has 2 saturated heterocycles. The third-order valence-electron chi connectivity index (χ3n) is 8.56. The van der Waals surface area contributed by atoms with Crippen molar-refractivity contribution in [2.24, 2.45) is 5.92 Å². The molecule has 1 N–H and O–H groups in total. The summed E-state index contributed by atoms with van der Waals surface area (Å²) in [4.78, 5) is 28.9. The molecule has 0 radical (unpaired) electrons. The normalized spacial score (nSPS) is 22.7. The highest BCUT2D eigenvalue weighted by Crippen LogP contribution is 2.51. The van der Waals surface area contributed by atoms with Crippen LogP contribution in [0.15, 0.2) is 48.5 Å². The van der Waals surface area contributed by atoms with Gasteiger partial charge in [-0.25, -0.2) is 4.39 Å². The Bertz CT molecular complexity index is 1240. The van der Waals surface area contributed by atoms with Gasteiger partial charge in [0.1, 0.15) is 5.82 Å². The zero-order valence-corrected chi connectivity index (χ0v) is 22.5. The summed E-state index contributed by atoms with van der Waals surface area (Å²) in [6.45, 7) is 4.78. The molecule has 2 amide bonds.